The Hall–Kier alpha value is -0.160. The van der Waals surface area contributed by atoms with Gasteiger partial charge in [0.25, 0.3) is 0 Å². The number of nitrogens with two attached hydrogens (primary N) is 1. The summed E-state index contributed by atoms with van der Waals surface area (Å²) < 4.78 is 11.0. The van der Waals surface area contributed by atoms with E-state index >= 15 is 0 Å². The molecule has 0 aliphatic carbocycles. The summed E-state index contributed by atoms with van der Waals surface area (Å²) in [5.41, 5.74) is 2.52. The minimum Gasteiger partial charge on any atom is -0.379 e. The summed E-state index contributed by atoms with van der Waals surface area (Å²) in [5.74, 6) is 5.61. The summed E-state index contributed by atoms with van der Waals surface area (Å²) in [7, 11) is 3.47. The molecule has 0 bridgehead atoms. The Bertz CT molecular complexity index is 191. The van der Waals surface area contributed by atoms with E-state index in [0.717, 1.165) is 19.3 Å². The van der Waals surface area contributed by atoms with E-state index in [0.29, 0.717) is 0 Å². The van der Waals surface area contributed by atoms with Crippen LogP contribution in [0.4, 0.5) is 0 Å². The number of hydrazine groups is 1. The van der Waals surface area contributed by atoms with E-state index in [1.54, 1.807) is 14.2 Å². The van der Waals surface area contributed by atoms with Crippen molar-refractivity contribution in [2.45, 2.75) is 64.2 Å². The van der Waals surface area contributed by atoms with E-state index in [-0.39, 0.29) is 17.2 Å². The van der Waals surface area contributed by atoms with Gasteiger partial charge in [0.15, 0.2) is 0 Å². The Kier molecular flexibility index (Phi) is 6.48. The lowest BCUT2D eigenvalue weighted by molar-refractivity contribution is -0.0429. The molecule has 0 amide bonds. The second-order valence-corrected chi connectivity index (χ2v) is 5.09. The maximum Gasteiger partial charge on any atom is 0.0813 e. The Balaban J connectivity index is 4.41. The quantitative estimate of drug-likeness (QED) is 0.495. The molecule has 0 aromatic rings. The lowest BCUT2D eigenvalue weighted by atomic mass is 9.87. The number of ether oxygens (including phenoxy) is 2. The van der Waals surface area contributed by atoms with Crippen molar-refractivity contribution in [1.29, 1.82) is 0 Å². The Morgan fingerprint density at radius 1 is 1.19 bits per heavy atom. The predicted octanol–water partition coefficient (Wildman–Crippen LogP) is 1.84. The zero-order valence-electron chi connectivity index (χ0n) is 11.6. The first-order valence-electron chi connectivity index (χ1n) is 5.91. The van der Waals surface area contributed by atoms with Crippen LogP contribution in [0.1, 0.15) is 47.0 Å². The maximum absolute atomic E-state index is 5.61. The van der Waals surface area contributed by atoms with Crippen molar-refractivity contribution < 1.29 is 9.47 Å². The fourth-order valence-electron chi connectivity index (χ4n) is 1.69. The third-order valence-electron chi connectivity index (χ3n) is 3.69. The first-order valence-corrected chi connectivity index (χ1v) is 5.91. The zero-order chi connectivity index (χ0) is 12.8. The van der Waals surface area contributed by atoms with Crippen LogP contribution < -0.4 is 11.3 Å². The zero-order valence-corrected chi connectivity index (χ0v) is 11.6. The third-order valence-corrected chi connectivity index (χ3v) is 3.69. The van der Waals surface area contributed by atoms with E-state index in [9.17, 15) is 0 Å². The van der Waals surface area contributed by atoms with E-state index in [2.05, 4.69) is 33.1 Å². The maximum atomic E-state index is 5.61. The Morgan fingerprint density at radius 2 is 1.75 bits per heavy atom. The average Bonchev–Trinajstić information content (AvgIpc) is 2.29. The second kappa shape index (κ2) is 6.55. The van der Waals surface area contributed by atoms with Crippen molar-refractivity contribution in [2.24, 2.45) is 5.84 Å². The molecule has 0 heterocycles. The van der Waals surface area contributed by atoms with Crippen LogP contribution in [-0.2, 0) is 9.47 Å². The highest BCUT2D eigenvalue weighted by Gasteiger charge is 2.33. The molecular weight excluding hydrogens is 204 g/mol. The summed E-state index contributed by atoms with van der Waals surface area (Å²) in [6, 6.07) is 0.136. The van der Waals surface area contributed by atoms with E-state index in [1.807, 2.05) is 0 Å². The van der Waals surface area contributed by atoms with Gasteiger partial charge >= 0.3 is 0 Å². The van der Waals surface area contributed by atoms with Crippen molar-refractivity contribution in [1.82, 2.24) is 5.43 Å². The van der Waals surface area contributed by atoms with Crippen LogP contribution in [-0.4, -0.2) is 31.5 Å². The summed E-state index contributed by atoms with van der Waals surface area (Å²) in [5, 5.41) is 0. The highest BCUT2D eigenvalue weighted by atomic mass is 16.5. The SMILES string of the molecule is CCC(C)(OC)C(CCC(C)(C)OC)NN. The number of nitrogens with one attached hydrogen (secondary N) is 1. The fraction of sp³-hybridized carbons (Fsp3) is 1.00. The molecule has 0 aromatic heterocycles. The van der Waals surface area contributed by atoms with Crippen LogP contribution in [0, 0.1) is 0 Å². The molecule has 2 atom stereocenters. The van der Waals surface area contributed by atoms with Gasteiger partial charge in [-0.2, -0.15) is 0 Å². The van der Waals surface area contributed by atoms with Gasteiger partial charge in [0.2, 0.25) is 0 Å². The van der Waals surface area contributed by atoms with Gasteiger partial charge in [-0.05, 0) is 40.0 Å². The highest BCUT2D eigenvalue weighted by Crippen LogP contribution is 2.25. The normalized spacial score (nSPS) is 18.2. The van der Waals surface area contributed by atoms with Gasteiger partial charge in [0.05, 0.1) is 11.2 Å². The first-order chi connectivity index (χ1) is 7.35. The number of hydrogen-bond acceptors (Lipinski definition) is 4. The van der Waals surface area contributed by atoms with Gasteiger partial charge in [-0.25, -0.2) is 0 Å². The van der Waals surface area contributed by atoms with E-state index in [1.165, 1.54) is 0 Å². The summed E-state index contributed by atoms with van der Waals surface area (Å²) in [4.78, 5) is 0. The van der Waals surface area contributed by atoms with Crippen LogP contribution in [0.3, 0.4) is 0 Å². The van der Waals surface area contributed by atoms with Crippen LogP contribution in [0.5, 0.6) is 0 Å². The molecule has 0 saturated heterocycles. The van der Waals surface area contributed by atoms with Gasteiger partial charge in [-0.3, -0.25) is 11.3 Å². The molecule has 0 rings (SSSR count). The topological polar surface area (TPSA) is 56.5 Å². The predicted molar refractivity (Wildman–Crippen MR) is 67.1 cm³/mol. The molecule has 98 valence electrons. The van der Waals surface area contributed by atoms with Gasteiger partial charge in [-0.15, -0.1) is 0 Å². The highest BCUT2D eigenvalue weighted by molar-refractivity contribution is 4.88. The lowest BCUT2D eigenvalue weighted by Crippen LogP contribution is -2.53. The van der Waals surface area contributed by atoms with Crippen molar-refractivity contribution in [3.05, 3.63) is 0 Å². The fourth-order valence-corrected chi connectivity index (χ4v) is 1.69. The van der Waals surface area contributed by atoms with Gasteiger partial charge in [0, 0.05) is 20.3 Å². The molecule has 0 radical (unpaired) electrons. The molecule has 3 N–H and O–H groups in total. The largest absolute Gasteiger partial charge is 0.379 e. The molecular formula is C12H28N2O2. The number of methoxy groups -OCH3 is 2. The Morgan fingerprint density at radius 3 is 2.06 bits per heavy atom. The molecule has 4 nitrogen and oxygen atoms in total. The van der Waals surface area contributed by atoms with Crippen molar-refractivity contribution >= 4 is 0 Å². The molecule has 0 aliphatic heterocycles. The summed E-state index contributed by atoms with van der Waals surface area (Å²) >= 11 is 0. The van der Waals surface area contributed by atoms with Crippen LogP contribution >= 0.6 is 0 Å². The second-order valence-electron chi connectivity index (χ2n) is 5.09. The van der Waals surface area contributed by atoms with Gasteiger partial charge < -0.3 is 9.47 Å². The van der Waals surface area contributed by atoms with Crippen LogP contribution in [0.25, 0.3) is 0 Å². The molecule has 4 heteroatoms. The minimum absolute atomic E-state index is 0.114. The summed E-state index contributed by atoms with van der Waals surface area (Å²) in [6.45, 7) is 8.35. The van der Waals surface area contributed by atoms with Crippen molar-refractivity contribution in [2.75, 3.05) is 14.2 Å². The third kappa shape index (κ3) is 4.37. The van der Waals surface area contributed by atoms with Crippen LogP contribution in [0.15, 0.2) is 0 Å². The molecule has 2 unspecified atom stereocenters. The smallest absolute Gasteiger partial charge is 0.0813 e. The molecule has 0 fully saturated rings. The molecule has 0 aromatic carbocycles. The molecule has 0 spiro atoms. The first kappa shape index (κ1) is 15.8. The summed E-state index contributed by atoms with van der Waals surface area (Å²) in [6.07, 6.45) is 2.79. The molecule has 16 heavy (non-hydrogen) atoms. The van der Waals surface area contributed by atoms with Crippen LogP contribution in [0.2, 0.25) is 0 Å². The standard InChI is InChI=1S/C12H28N2O2/c1-7-12(4,16-6)10(14-13)8-9-11(2,3)15-5/h10,14H,7-9,13H2,1-6H3. The average molecular weight is 232 g/mol. The molecule has 0 saturated carbocycles. The van der Waals surface area contributed by atoms with Gasteiger partial charge in [0.1, 0.15) is 0 Å². The number of hydrogen-bond donors (Lipinski definition) is 2. The lowest BCUT2D eigenvalue weighted by Gasteiger charge is -2.37. The number of rotatable bonds is 8. The van der Waals surface area contributed by atoms with E-state index < -0.39 is 0 Å². The minimum atomic E-state index is -0.224. The monoisotopic (exact) mass is 232 g/mol. The van der Waals surface area contributed by atoms with Crippen molar-refractivity contribution in [3.8, 4) is 0 Å². The Labute approximate surface area is 99.8 Å². The van der Waals surface area contributed by atoms with Crippen molar-refractivity contribution in [3.63, 3.8) is 0 Å². The van der Waals surface area contributed by atoms with Gasteiger partial charge in [-0.1, -0.05) is 6.92 Å². The van der Waals surface area contributed by atoms with E-state index in [4.69, 9.17) is 15.3 Å². The molecule has 0 aliphatic rings.